The summed E-state index contributed by atoms with van der Waals surface area (Å²) in [5.74, 6) is 0.585. The molecule has 1 aliphatic heterocycles. The van der Waals surface area contributed by atoms with Crippen LogP contribution in [-0.4, -0.2) is 41.7 Å². The SMILES string of the molecule is NS(=O)(=O)CCCC(=O)N1CCCC1c1nc(-c2ccccc2)no1. The van der Waals surface area contributed by atoms with Crippen molar-refractivity contribution in [2.24, 2.45) is 5.14 Å². The highest BCUT2D eigenvalue weighted by Crippen LogP contribution is 2.32. The molecule has 1 aromatic heterocycles. The highest BCUT2D eigenvalue weighted by atomic mass is 32.2. The van der Waals surface area contributed by atoms with Gasteiger partial charge in [-0.3, -0.25) is 4.79 Å². The first-order chi connectivity index (χ1) is 11.9. The van der Waals surface area contributed by atoms with Gasteiger partial charge in [-0.2, -0.15) is 4.98 Å². The topological polar surface area (TPSA) is 119 Å². The highest BCUT2D eigenvalue weighted by molar-refractivity contribution is 7.89. The van der Waals surface area contributed by atoms with Crippen LogP contribution in [-0.2, 0) is 14.8 Å². The van der Waals surface area contributed by atoms with Gasteiger partial charge in [-0.15, -0.1) is 0 Å². The van der Waals surface area contributed by atoms with E-state index >= 15 is 0 Å². The molecule has 3 rings (SSSR count). The average Bonchev–Trinajstić information content (AvgIpc) is 3.23. The van der Waals surface area contributed by atoms with E-state index in [1.165, 1.54) is 0 Å². The number of hydrogen-bond donors (Lipinski definition) is 1. The summed E-state index contributed by atoms with van der Waals surface area (Å²) >= 11 is 0. The van der Waals surface area contributed by atoms with E-state index < -0.39 is 10.0 Å². The molecule has 8 nitrogen and oxygen atoms in total. The van der Waals surface area contributed by atoms with Crippen molar-refractivity contribution in [3.05, 3.63) is 36.2 Å². The molecule has 2 heterocycles. The van der Waals surface area contributed by atoms with Crippen LogP contribution in [0.15, 0.2) is 34.9 Å². The zero-order valence-electron chi connectivity index (χ0n) is 13.7. The van der Waals surface area contributed by atoms with Crippen LogP contribution in [0.4, 0.5) is 0 Å². The Morgan fingerprint density at radius 2 is 2.08 bits per heavy atom. The Kier molecular flexibility index (Phi) is 5.14. The second kappa shape index (κ2) is 7.32. The summed E-state index contributed by atoms with van der Waals surface area (Å²) in [6.07, 6.45) is 1.93. The van der Waals surface area contributed by atoms with Crippen LogP contribution < -0.4 is 5.14 Å². The predicted octanol–water partition coefficient (Wildman–Crippen LogP) is 1.47. The number of benzene rings is 1. The van der Waals surface area contributed by atoms with Crippen molar-refractivity contribution in [1.29, 1.82) is 0 Å². The van der Waals surface area contributed by atoms with Gasteiger partial charge in [0.25, 0.3) is 0 Å². The number of nitrogens with two attached hydrogens (primary N) is 1. The van der Waals surface area contributed by atoms with E-state index in [9.17, 15) is 13.2 Å². The molecule has 1 aromatic carbocycles. The van der Waals surface area contributed by atoms with Crippen LogP contribution in [0.3, 0.4) is 0 Å². The molecule has 1 fully saturated rings. The lowest BCUT2D eigenvalue weighted by Gasteiger charge is -2.21. The zero-order chi connectivity index (χ0) is 17.9. The third-order valence-electron chi connectivity index (χ3n) is 4.15. The highest BCUT2D eigenvalue weighted by Gasteiger charge is 2.33. The van der Waals surface area contributed by atoms with Gasteiger partial charge in [0.1, 0.15) is 6.04 Å². The summed E-state index contributed by atoms with van der Waals surface area (Å²) in [6, 6.07) is 9.21. The fourth-order valence-electron chi connectivity index (χ4n) is 2.97. The predicted molar refractivity (Wildman–Crippen MR) is 90.6 cm³/mol. The first kappa shape index (κ1) is 17.6. The minimum absolute atomic E-state index is 0.120. The standard InChI is InChI=1S/C16H20N4O4S/c17-25(22,23)11-5-9-14(21)20-10-4-8-13(20)16-18-15(19-24-16)12-6-2-1-3-7-12/h1-3,6-7,13H,4-5,8-11H2,(H2,17,22,23). The zero-order valence-corrected chi connectivity index (χ0v) is 14.5. The Balaban J connectivity index is 1.67. The monoisotopic (exact) mass is 364 g/mol. The molecule has 134 valence electrons. The van der Waals surface area contributed by atoms with Gasteiger partial charge in [-0.1, -0.05) is 35.5 Å². The molecule has 0 bridgehead atoms. The fourth-order valence-corrected chi connectivity index (χ4v) is 3.51. The first-order valence-corrected chi connectivity index (χ1v) is 9.84. The van der Waals surface area contributed by atoms with Crippen molar-refractivity contribution in [2.75, 3.05) is 12.3 Å². The minimum Gasteiger partial charge on any atom is -0.337 e. The van der Waals surface area contributed by atoms with Gasteiger partial charge in [0.05, 0.1) is 5.75 Å². The maximum Gasteiger partial charge on any atom is 0.249 e. The number of amides is 1. The van der Waals surface area contributed by atoms with Crippen LogP contribution in [0.25, 0.3) is 11.4 Å². The summed E-state index contributed by atoms with van der Waals surface area (Å²) in [6.45, 7) is 0.599. The molecule has 25 heavy (non-hydrogen) atoms. The lowest BCUT2D eigenvalue weighted by Crippen LogP contribution is -2.31. The second-order valence-electron chi connectivity index (χ2n) is 6.04. The van der Waals surface area contributed by atoms with Crippen LogP contribution in [0.1, 0.15) is 37.6 Å². The number of nitrogens with zero attached hydrogens (tertiary/aromatic N) is 3. The molecule has 2 aromatic rings. The van der Waals surface area contributed by atoms with E-state index in [1.54, 1.807) is 4.90 Å². The Hall–Kier alpha value is -2.26. The van der Waals surface area contributed by atoms with Crippen LogP contribution >= 0.6 is 0 Å². The Morgan fingerprint density at radius 3 is 2.80 bits per heavy atom. The van der Waals surface area contributed by atoms with Gasteiger partial charge in [0.15, 0.2) is 0 Å². The molecule has 1 aliphatic rings. The molecule has 0 aliphatic carbocycles. The van der Waals surface area contributed by atoms with E-state index in [2.05, 4.69) is 10.1 Å². The quantitative estimate of drug-likeness (QED) is 0.829. The van der Waals surface area contributed by atoms with E-state index in [0.29, 0.717) is 18.3 Å². The van der Waals surface area contributed by atoms with Crippen molar-refractivity contribution in [1.82, 2.24) is 15.0 Å². The van der Waals surface area contributed by atoms with Crippen molar-refractivity contribution < 1.29 is 17.7 Å². The summed E-state index contributed by atoms with van der Waals surface area (Å²) in [5.41, 5.74) is 0.849. The van der Waals surface area contributed by atoms with Crippen molar-refractivity contribution in [3.8, 4) is 11.4 Å². The number of likely N-dealkylation sites (tertiary alicyclic amines) is 1. The summed E-state index contributed by atoms with van der Waals surface area (Å²) in [4.78, 5) is 18.5. The van der Waals surface area contributed by atoms with Crippen LogP contribution in [0.2, 0.25) is 0 Å². The Labute approximate surface area is 146 Å². The van der Waals surface area contributed by atoms with Crippen molar-refractivity contribution >= 4 is 15.9 Å². The molecule has 1 amide bonds. The molecule has 0 radical (unpaired) electrons. The molecule has 0 saturated carbocycles. The minimum atomic E-state index is -3.55. The van der Waals surface area contributed by atoms with Gasteiger partial charge < -0.3 is 9.42 Å². The number of primary sulfonamides is 1. The maximum absolute atomic E-state index is 12.4. The third kappa shape index (κ3) is 4.43. The van der Waals surface area contributed by atoms with Gasteiger partial charge >= 0.3 is 0 Å². The second-order valence-corrected chi connectivity index (χ2v) is 7.77. The lowest BCUT2D eigenvalue weighted by molar-refractivity contribution is -0.132. The summed E-state index contributed by atoms with van der Waals surface area (Å²) in [5, 5.41) is 8.96. The number of sulfonamides is 1. The maximum atomic E-state index is 12.4. The molecule has 1 unspecified atom stereocenters. The smallest absolute Gasteiger partial charge is 0.249 e. The molecule has 1 atom stereocenters. The number of aromatic nitrogens is 2. The third-order valence-corrected chi connectivity index (χ3v) is 5.01. The molecule has 2 N–H and O–H groups in total. The van der Waals surface area contributed by atoms with Crippen LogP contribution in [0.5, 0.6) is 0 Å². The molecular formula is C16H20N4O4S. The van der Waals surface area contributed by atoms with Gasteiger partial charge in [0, 0.05) is 18.5 Å². The van der Waals surface area contributed by atoms with Gasteiger partial charge in [-0.25, -0.2) is 13.6 Å². The Morgan fingerprint density at radius 1 is 1.32 bits per heavy atom. The van der Waals surface area contributed by atoms with Gasteiger partial charge in [-0.05, 0) is 19.3 Å². The molecule has 0 spiro atoms. The van der Waals surface area contributed by atoms with Gasteiger partial charge in [0.2, 0.25) is 27.6 Å². The number of rotatable bonds is 6. The van der Waals surface area contributed by atoms with E-state index in [0.717, 1.165) is 18.4 Å². The molecule has 1 saturated heterocycles. The van der Waals surface area contributed by atoms with Crippen molar-refractivity contribution in [3.63, 3.8) is 0 Å². The first-order valence-electron chi connectivity index (χ1n) is 8.13. The fraction of sp³-hybridized carbons (Fsp3) is 0.438. The molecule has 9 heteroatoms. The average molecular weight is 364 g/mol. The van der Waals surface area contributed by atoms with E-state index in [4.69, 9.17) is 9.66 Å². The largest absolute Gasteiger partial charge is 0.337 e. The number of carbonyl (C=O) groups excluding carboxylic acids is 1. The van der Waals surface area contributed by atoms with E-state index in [-0.39, 0.29) is 30.5 Å². The summed E-state index contributed by atoms with van der Waals surface area (Å²) < 4.78 is 27.3. The van der Waals surface area contributed by atoms with E-state index in [1.807, 2.05) is 30.3 Å². The molecular weight excluding hydrogens is 344 g/mol. The van der Waals surface area contributed by atoms with Crippen LogP contribution in [0, 0.1) is 0 Å². The Bertz CT molecular complexity index is 835. The van der Waals surface area contributed by atoms with Crippen molar-refractivity contribution in [2.45, 2.75) is 31.7 Å². The number of hydrogen-bond acceptors (Lipinski definition) is 6. The number of carbonyl (C=O) groups is 1. The normalized spacial score (nSPS) is 17.8. The lowest BCUT2D eigenvalue weighted by atomic mass is 10.2. The summed E-state index contributed by atoms with van der Waals surface area (Å²) in [7, 11) is -3.55.